The number of hydrogen-bond acceptors (Lipinski definition) is 3. The van der Waals surface area contributed by atoms with Crippen LogP contribution in [0.3, 0.4) is 0 Å². The van der Waals surface area contributed by atoms with Crippen molar-refractivity contribution in [3.63, 3.8) is 0 Å². The first kappa shape index (κ1) is 15.3. The molecule has 0 spiro atoms. The predicted octanol–water partition coefficient (Wildman–Crippen LogP) is 2.94. The smallest absolute Gasteiger partial charge is 0.146 e. The molecule has 0 atom stereocenters. The average Bonchev–Trinajstić information content (AvgIpc) is 2.48. The molecule has 1 aromatic carbocycles. The number of benzene rings is 1. The van der Waals surface area contributed by atoms with Gasteiger partial charge in [-0.05, 0) is 37.4 Å². The summed E-state index contributed by atoms with van der Waals surface area (Å²) in [7, 11) is 2.00. The molecule has 0 radical (unpaired) electrons. The SMILES string of the molecule is CCCNCc1cccc(F)c1N(C)C1CCOCC1. The topological polar surface area (TPSA) is 24.5 Å². The van der Waals surface area contributed by atoms with Crippen molar-refractivity contribution in [2.45, 2.75) is 38.8 Å². The molecule has 20 heavy (non-hydrogen) atoms. The normalized spacial score (nSPS) is 16.4. The van der Waals surface area contributed by atoms with Crippen molar-refractivity contribution in [2.75, 3.05) is 31.7 Å². The molecule has 1 aromatic rings. The lowest BCUT2D eigenvalue weighted by Crippen LogP contribution is -2.38. The summed E-state index contributed by atoms with van der Waals surface area (Å²) >= 11 is 0. The van der Waals surface area contributed by atoms with Crippen molar-refractivity contribution in [1.29, 1.82) is 0 Å². The van der Waals surface area contributed by atoms with Gasteiger partial charge in [0.2, 0.25) is 0 Å². The minimum atomic E-state index is -0.130. The summed E-state index contributed by atoms with van der Waals surface area (Å²) < 4.78 is 19.7. The van der Waals surface area contributed by atoms with Crippen LogP contribution in [0.1, 0.15) is 31.7 Å². The molecule has 1 saturated heterocycles. The minimum Gasteiger partial charge on any atom is -0.381 e. The molecule has 1 aliphatic heterocycles. The van der Waals surface area contributed by atoms with E-state index in [1.807, 2.05) is 13.1 Å². The lowest BCUT2D eigenvalue weighted by atomic mass is 10.0. The Morgan fingerprint density at radius 2 is 2.10 bits per heavy atom. The van der Waals surface area contributed by atoms with Crippen LogP contribution in [-0.2, 0) is 11.3 Å². The van der Waals surface area contributed by atoms with E-state index in [0.717, 1.165) is 50.3 Å². The molecule has 3 nitrogen and oxygen atoms in total. The molecule has 4 heteroatoms. The number of halogens is 1. The van der Waals surface area contributed by atoms with E-state index >= 15 is 0 Å². The van der Waals surface area contributed by atoms with Crippen LogP contribution in [0.25, 0.3) is 0 Å². The van der Waals surface area contributed by atoms with Gasteiger partial charge >= 0.3 is 0 Å². The Hall–Kier alpha value is -1.13. The lowest BCUT2D eigenvalue weighted by Gasteiger charge is -2.34. The van der Waals surface area contributed by atoms with Crippen LogP contribution in [0.15, 0.2) is 18.2 Å². The highest BCUT2D eigenvalue weighted by atomic mass is 19.1. The van der Waals surface area contributed by atoms with Gasteiger partial charge in [0.1, 0.15) is 5.82 Å². The fourth-order valence-electron chi connectivity index (χ4n) is 2.75. The minimum absolute atomic E-state index is 0.130. The molecule has 1 heterocycles. The monoisotopic (exact) mass is 280 g/mol. The highest BCUT2D eigenvalue weighted by Crippen LogP contribution is 2.28. The quantitative estimate of drug-likeness (QED) is 0.811. The number of anilines is 1. The second kappa shape index (κ2) is 7.60. The molecule has 0 unspecified atom stereocenters. The van der Waals surface area contributed by atoms with E-state index in [1.165, 1.54) is 0 Å². The van der Waals surface area contributed by atoms with Gasteiger partial charge in [-0.1, -0.05) is 19.1 Å². The van der Waals surface area contributed by atoms with Gasteiger partial charge in [0, 0.05) is 32.8 Å². The lowest BCUT2D eigenvalue weighted by molar-refractivity contribution is 0.0853. The molecule has 2 rings (SSSR count). The first-order valence-corrected chi connectivity index (χ1v) is 7.52. The number of nitrogens with one attached hydrogen (secondary N) is 1. The molecular weight excluding hydrogens is 255 g/mol. The summed E-state index contributed by atoms with van der Waals surface area (Å²) in [5.74, 6) is -0.130. The van der Waals surface area contributed by atoms with Gasteiger partial charge in [-0.15, -0.1) is 0 Å². The van der Waals surface area contributed by atoms with Crippen LogP contribution >= 0.6 is 0 Å². The maximum atomic E-state index is 14.3. The first-order valence-electron chi connectivity index (χ1n) is 7.52. The van der Waals surface area contributed by atoms with E-state index in [-0.39, 0.29) is 5.82 Å². The highest BCUT2D eigenvalue weighted by molar-refractivity contribution is 5.55. The Kier molecular flexibility index (Phi) is 5.80. The van der Waals surface area contributed by atoms with Gasteiger partial charge in [0.15, 0.2) is 0 Å². The van der Waals surface area contributed by atoms with Crippen molar-refractivity contribution >= 4 is 5.69 Å². The van der Waals surface area contributed by atoms with Gasteiger partial charge in [-0.3, -0.25) is 0 Å². The zero-order valence-corrected chi connectivity index (χ0v) is 12.5. The van der Waals surface area contributed by atoms with Gasteiger partial charge in [-0.2, -0.15) is 0 Å². The van der Waals surface area contributed by atoms with E-state index in [0.29, 0.717) is 12.6 Å². The van der Waals surface area contributed by atoms with Gasteiger partial charge in [-0.25, -0.2) is 4.39 Å². The van der Waals surface area contributed by atoms with Gasteiger partial charge in [0.05, 0.1) is 5.69 Å². The van der Waals surface area contributed by atoms with Crippen LogP contribution in [-0.4, -0.2) is 32.8 Å². The fourth-order valence-corrected chi connectivity index (χ4v) is 2.75. The molecule has 0 bridgehead atoms. The third-order valence-corrected chi connectivity index (χ3v) is 3.90. The van der Waals surface area contributed by atoms with Crippen molar-refractivity contribution in [2.24, 2.45) is 0 Å². The van der Waals surface area contributed by atoms with Crippen LogP contribution in [0.5, 0.6) is 0 Å². The molecule has 0 saturated carbocycles. The Morgan fingerprint density at radius 3 is 2.80 bits per heavy atom. The Bertz CT molecular complexity index is 419. The van der Waals surface area contributed by atoms with Crippen molar-refractivity contribution in [3.8, 4) is 0 Å². The molecule has 1 fully saturated rings. The second-order valence-electron chi connectivity index (χ2n) is 5.38. The van der Waals surface area contributed by atoms with Gasteiger partial charge in [0.25, 0.3) is 0 Å². The summed E-state index contributed by atoms with van der Waals surface area (Å²) in [5, 5.41) is 3.36. The van der Waals surface area contributed by atoms with E-state index in [9.17, 15) is 4.39 Å². The maximum Gasteiger partial charge on any atom is 0.146 e. The zero-order valence-electron chi connectivity index (χ0n) is 12.5. The molecular formula is C16H25FN2O. The van der Waals surface area contributed by atoms with Crippen molar-refractivity contribution in [3.05, 3.63) is 29.6 Å². The summed E-state index contributed by atoms with van der Waals surface area (Å²) in [4.78, 5) is 2.10. The zero-order chi connectivity index (χ0) is 14.4. The van der Waals surface area contributed by atoms with Gasteiger partial charge < -0.3 is 15.0 Å². The molecule has 1 aliphatic rings. The number of hydrogen-bond donors (Lipinski definition) is 1. The molecule has 0 aliphatic carbocycles. The number of ether oxygens (including phenoxy) is 1. The molecule has 112 valence electrons. The standard InChI is InChI=1S/C16H25FN2O/c1-3-9-18-12-13-5-4-6-15(17)16(13)19(2)14-7-10-20-11-8-14/h4-6,14,18H,3,7-12H2,1-2H3. The Labute approximate surface area is 121 Å². The van der Waals surface area contributed by atoms with E-state index in [1.54, 1.807) is 12.1 Å². The molecule has 0 aromatic heterocycles. The third-order valence-electron chi connectivity index (χ3n) is 3.90. The molecule has 1 N–H and O–H groups in total. The number of nitrogens with zero attached hydrogens (tertiary/aromatic N) is 1. The van der Waals surface area contributed by atoms with E-state index in [2.05, 4.69) is 17.1 Å². The summed E-state index contributed by atoms with van der Waals surface area (Å²) in [5.41, 5.74) is 1.77. The van der Waals surface area contributed by atoms with E-state index in [4.69, 9.17) is 4.74 Å². The number of rotatable bonds is 6. The van der Waals surface area contributed by atoms with Crippen LogP contribution in [0, 0.1) is 5.82 Å². The first-order chi connectivity index (χ1) is 9.74. The van der Waals surface area contributed by atoms with Crippen molar-refractivity contribution in [1.82, 2.24) is 5.32 Å². The molecule has 0 amide bonds. The summed E-state index contributed by atoms with van der Waals surface area (Å²) in [6, 6.07) is 5.72. The van der Waals surface area contributed by atoms with Crippen LogP contribution in [0.4, 0.5) is 10.1 Å². The highest BCUT2D eigenvalue weighted by Gasteiger charge is 2.22. The fraction of sp³-hybridized carbons (Fsp3) is 0.625. The van der Waals surface area contributed by atoms with Crippen molar-refractivity contribution < 1.29 is 9.13 Å². The second-order valence-corrected chi connectivity index (χ2v) is 5.38. The third kappa shape index (κ3) is 3.70. The predicted molar refractivity (Wildman–Crippen MR) is 80.6 cm³/mol. The number of para-hydroxylation sites is 1. The Balaban J connectivity index is 2.15. The van der Waals surface area contributed by atoms with E-state index < -0.39 is 0 Å². The average molecular weight is 280 g/mol. The Morgan fingerprint density at radius 1 is 1.35 bits per heavy atom. The maximum absolute atomic E-state index is 14.3. The summed E-state index contributed by atoms with van der Waals surface area (Å²) in [6.07, 6.45) is 3.01. The van der Waals surface area contributed by atoms with Crippen LogP contribution in [0.2, 0.25) is 0 Å². The largest absolute Gasteiger partial charge is 0.381 e. The summed E-state index contributed by atoms with van der Waals surface area (Å²) in [6.45, 7) is 5.35. The van der Waals surface area contributed by atoms with Crippen LogP contribution < -0.4 is 10.2 Å².